The van der Waals surface area contributed by atoms with Gasteiger partial charge in [0, 0.05) is 0 Å². The van der Waals surface area contributed by atoms with Crippen molar-refractivity contribution in [3.8, 4) is 0 Å². The van der Waals surface area contributed by atoms with Crippen molar-refractivity contribution in [1.29, 1.82) is 0 Å². The first-order valence-electron chi connectivity index (χ1n) is 15.5. The van der Waals surface area contributed by atoms with Crippen molar-refractivity contribution in [3.05, 3.63) is 167 Å². The molecule has 2 unspecified atom stereocenters. The van der Waals surface area contributed by atoms with Crippen LogP contribution in [-0.4, -0.2) is 0 Å². The molecule has 0 aliphatic heterocycles. The van der Waals surface area contributed by atoms with Crippen LogP contribution in [0.2, 0.25) is 0 Å². The maximum absolute atomic E-state index is 3.63. The zero-order chi connectivity index (χ0) is 29.4. The van der Waals surface area contributed by atoms with Gasteiger partial charge in [-0.2, -0.15) is 0 Å². The average molecular weight is 551 g/mol. The van der Waals surface area contributed by atoms with E-state index in [1.54, 1.807) is 5.57 Å². The molecule has 42 heavy (non-hydrogen) atoms. The van der Waals surface area contributed by atoms with Crippen LogP contribution in [0, 0.1) is 11.8 Å². The Kier molecular flexibility index (Phi) is 12.4. The summed E-state index contributed by atoms with van der Waals surface area (Å²) in [6.45, 7) is 8.33. The molecular formula is C42H46. The molecule has 0 heteroatoms. The van der Waals surface area contributed by atoms with Gasteiger partial charge in [-0.15, -0.1) is 0 Å². The second-order valence-electron chi connectivity index (χ2n) is 11.6. The first kappa shape index (κ1) is 30.8. The van der Waals surface area contributed by atoms with Crippen molar-refractivity contribution in [2.45, 2.75) is 52.4 Å². The fraction of sp³-hybridized carbons (Fsp3) is 0.238. The molecule has 0 saturated heterocycles. The molecule has 2 aliphatic rings. The fourth-order valence-corrected chi connectivity index (χ4v) is 5.64. The Hall–Kier alpha value is -4.16. The molecule has 4 aromatic carbocycles. The quantitative estimate of drug-likeness (QED) is 0.232. The molecule has 1 fully saturated rings. The first-order chi connectivity index (χ1) is 20.6. The zero-order valence-corrected chi connectivity index (χ0v) is 25.5. The van der Waals surface area contributed by atoms with Crippen molar-refractivity contribution in [1.82, 2.24) is 0 Å². The van der Waals surface area contributed by atoms with Crippen LogP contribution in [0.25, 0.3) is 23.8 Å². The lowest BCUT2D eigenvalue weighted by atomic mass is 9.82. The third-order valence-corrected chi connectivity index (χ3v) is 8.02. The van der Waals surface area contributed by atoms with Crippen molar-refractivity contribution >= 4 is 23.8 Å². The van der Waals surface area contributed by atoms with E-state index < -0.39 is 0 Å². The van der Waals surface area contributed by atoms with Crippen molar-refractivity contribution < 1.29 is 0 Å². The average Bonchev–Trinajstić information content (AvgIpc) is 3.46. The van der Waals surface area contributed by atoms with Crippen LogP contribution in [0.3, 0.4) is 0 Å². The molecule has 4 aromatic rings. The number of allylic oxidation sites excluding steroid dienone is 4. The summed E-state index contributed by atoms with van der Waals surface area (Å²) in [4.78, 5) is 0. The van der Waals surface area contributed by atoms with E-state index in [1.807, 2.05) is 36.4 Å². The van der Waals surface area contributed by atoms with Gasteiger partial charge < -0.3 is 0 Å². The topological polar surface area (TPSA) is 0 Å². The highest BCUT2D eigenvalue weighted by Gasteiger charge is 2.17. The van der Waals surface area contributed by atoms with Crippen LogP contribution < -0.4 is 0 Å². The zero-order valence-electron chi connectivity index (χ0n) is 25.5. The van der Waals surface area contributed by atoms with Crippen LogP contribution in [0.1, 0.15) is 74.6 Å². The Morgan fingerprint density at radius 2 is 1.05 bits per heavy atom. The van der Waals surface area contributed by atoms with Crippen molar-refractivity contribution in [2.75, 3.05) is 0 Å². The van der Waals surface area contributed by atoms with Gasteiger partial charge in [-0.25, -0.2) is 0 Å². The molecule has 0 spiro atoms. The van der Waals surface area contributed by atoms with Crippen LogP contribution in [0.15, 0.2) is 145 Å². The van der Waals surface area contributed by atoms with Crippen molar-refractivity contribution in [3.63, 3.8) is 0 Å². The van der Waals surface area contributed by atoms with Crippen molar-refractivity contribution in [2.24, 2.45) is 11.8 Å². The van der Waals surface area contributed by atoms with Crippen LogP contribution in [0.4, 0.5) is 0 Å². The second kappa shape index (κ2) is 16.9. The standard InChI is InChI=1S/C21H22.C13H16.C8H8/c1-17-12-15-21(19-10-6-3-7-11-19)20(16-17)14-13-18-8-4-2-5-9-18;1-11-7-8-13(9-11)10-12-5-3-2-4-6-12;1-2-8-6-4-3-5-7-8/h2-11,13-14,17H,12,15-16H2,1H3;2-6,10-11H,7-9H2,1H3;2-7H,1H2. The Morgan fingerprint density at radius 1 is 0.548 bits per heavy atom. The fourth-order valence-electron chi connectivity index (χ4n) is 5.64. The molecule has 2 atom stereocenters. The molecule has 0 nitrogen and oxygen atoms in total. The summed E-state index contributed by atoms with van der Waals surface area (Å²) in [5.74, 6) is 1.68. The molecule has 0 bridgehead atoms. The van der Waals surface area contributed by atoms with Gasteiger partial charge in [0.1, 0.15) is 0 Å². The summed E-state index contributed by atoms with van der Waals surface area (Å²) < 4.78 is 0. The highest BCUT2D eigenvalue weighted by Crippen LogP contribution is 2.36. The van der Waals surface area contributed by atoms with Gasteiger partial charge in [0.2, 0.25) is 0 Å². The van der Waals surface area contributed by atoms with Gasteiger partial charge in [-0.3, -0.25) is 0 Å². The minimum absolute atomic E-state index is 0.785. The Bertz CT molecular complexity index is 1420. The smallest absolute Gasteiger partial charge is 0.0222 e. The molecule has 0 heterocycles. The summed E-state index contributed by atoms with van der Waals surface area (Å²) in [7, 11) is 0. The largest absolute Gasteiger partial charge is 0.0985 e. The van der Waals surface area contributed by atoms with Gasteiger partial charge in [-0.05, 0) is 83.8 Å². The van der Waals surface area contributed by atoms with Gasteiger partial charge >= 0.3 is 0 Å². The molecule has 0 radical (unpaired) electrons. The maximum atomic E-state index is 3.63. The number of rotatable bonds is 5. The number of hydrogen-bond acceptors (Lipinski definition) is 0. The highest BCUT2D eigenvalue weighted by atomic mass is 14.2. The lowest BCUT2D eigenvalue weighted by molar-refractivity contribution is 0.523. The predicted molar refractivity (Wildman–Crippen MR) is 186 cm³/mol. The molecule has 0 N–H and O–H groups in total. The van der Waals surface area contributed by atoms with Gasteiger partial charge in [0.15, 0.2) is 0 Å². The second-order valence-corrected chi connectivity index (χ2v) is 11.6. The highest BCUT2D eigenvalue weighted by molar-refractivity contribution is 5.73. The molecule has 214 valence electrons. The SMILES string of the molecule is C=Cc1ccccc1.CC1CCC(=Cc2ccccc2)C1.CC1CCC(c2ccccc2)=C(C=Cc2ccccc2)C1. The Labute approximate surface area is 254 Å². The molecule has 6 rings (SSSR count). The van der Waals surface area contributed by atoms with Gasteiger partial charge in [0.25, 0.3) is 0 Å². The molecule has 2 aliphatic carbocycles. The summed E-state index contributed by atoms with van der Waals surface area (Å²) in [6.07, 6.45) is 16.4. The summed E-state index contributed by atoms with van der Waals surface area (Å²) in [5.41, 5.74) is 9.84. The number of hydrogen-bond donors (Lipinski definition) is 0. The van der Waals surface area contributed by atoms with E-state index in [-0.39, 0.29) is 0 Å². The third-order valence-electron chi connectivity index (χ3n) is 8.02. The Balaban J connectivity index is 0.000000163. The van der Waals surface area contributed by atoms with Crippen LogP contribution in [0.5, 0.6) is 0 Å². The van der Waals surface area contributed by atoms with Crippen LogP contribution >= 0.6 is 0 Å². The molecule has 0 amide bonds. The predicted octanol–water partition coefficient (Wildman–Crippen LogP) is 12.2. The van der Waals surface area contributed by atoms with Gasteiger partial charge in [-0.1, -0.05) is 172 Å². The number of benzene rings is 4. The van der Waals surface area contributed by atoms with E-state index >= 15 is 0 Å². The van der Waals surface area contributed by atoms with E-state index in [4.69, 9.17) is 0 Å². The molecule has 0 aromatic heterocycles. The lowest BCUT2D eigenvalue weighted by Crippen LogP contribution is -2.06. The maximum Gasteiger partial charge on any atom is -0.0222 e. The normalized spacial score (nSPS) is 19.0. The minimum atomic E-state index is 0.785. The minimum Gasteiger partial charge on any atom is -0.0985 e. The first-order valence-corrected chi connectivity index (χ1v) is 15.5. The van der Waals surface area contributed by atoms with Crippen LogP contribution in [-0.2, 0) is 0 Å². The summed E-state index contributed by atoms with van der Waals surface area (Å²) >= 11 is 0. The van der Waals surface area contributed by atoms with Gasteiger partial charge in [0.05, 0.1) is 0 Å². The summed E-state index contributed by atoms with van der Waals surface area (Å²) in [5, 5.41) is 0. The van der Waals surface area contributed by atoms with E-state index in [9.17, 15) is 0 Å². The molecule has 1 saturated carbocycles. The Morgan fingerprint density at radius 3 is 1.57 bits per heavy atom. The van der Waals surface area contributed by atoms with E-state index in [0.717, 1.165) is 11.8 Å². The lowest BCUT2D eigenvalue weighted by Gasteiger charge is -2.23. The van der Waals surface area contributed by atoms with E-state index in [0.29, 0.717) is 0 Å². The van der Waals surface area contributed by atoms with E-state index in [2.05, 4.69) is 130 Å². The third kappa shape index (κ3) is 10.3. The monoisotopic (exact) mass is 550 g/mol. The van der Waals surface area contributed by atoms with E-state index in [1.165, 1.54) is 71.9 Å². The summed E-state index contributed by atoms with van der Waals surface area (Å²) in [6, 6.07) is 42.1. The molecular weight excluding hydrogens is 504 g/mol.